The molecule has 0 saturated heterocycles. The van der Waals surface area contributed by atoms with Gasteiger partial charge in [-0.15, -0.1) is 0 Å². The molecular formula is C12H10N2O2. The van der Waals surface area contributed by atoms with Crippen molar-refractivity contribution in [2.24, 2.45) is 4.99 Å². The number of para-hydroxylation sites is 1. The number of carboxylic acids is 1. The first-order valence-electron chi connectivity index (χ1n) is 5.11. The van der Waals surface area contributed by atoms with Crippen LogP contribution in [0.4, 0.5) is 11.4 Å². The molecule has 0 aliphatic carbocycles. The van der Waals surface area contributed by atoms with Gasteiger partial charge in [-0.2, -0.15) is 0 Å². The highest BCUT2D eigenvalue weighted by molar-refractivity contribution is 5.93. The van der Waals surface area contributed by atoms with Crippen LogP contribution in [0.2, 0.25) is 0 Å². The lowest BCUT2D eigenvalue weighted by molar-refractivity contribution is -0.132. The van der Waals surface area contributed by atoms with E-state index in [1.54, 1.807) is 12.4 Å². The second-order valence-corrected chi connectivity index (χ2v) is 3.89. The molecule has 0 radical (unpaired) electrons. The highest BCUT2D eigenvalue weighted by Crippen LogP contribution is 2.38. The fraction of sp³-hybridized carbons (Fsp3) is 0.167. The van der Waals surface area contributed by atoms with Gasteiger partial charge in [0.05, 0.1) is 23.5 Å². The van der Waals surface area contributed by atoms with E-state index in [0.717, 1.165) is 16.9 Å². The molecule has 80 valence electrons. The van der Waals surface area contributed by atoms with Crippen molar-refractivity contribution in [3.05, 3.63) is 35.5 Å². The summed E-state index contributed by atoms with van der Waals surface area (Å²) < 4.78 is 0. The van der Waals surface area contributed by atoms with Crippen molar-refractivity contribution in [1.29, 1.82) is 0 Å². The summed E-state index contributed by atoms with van der Waals surface area (Å²) in [6.45, 7) is 0.640. The monoisotopic (exact) mass is 214 g/mol. The molecule has 1 aromatic rings. The van der Waals surface area contributed by atoms with Gasteiger partial charge >= 0.3 is 5.97 Å². The molecular weight excluding hydrogens is 204 g/mol. The lowest BCUT2D eigenvalue weighted by atomic mass is 9.98. The van der Waals surface area contributed by atoms with Crippen LogP contribution >= 0.6 is 0 Å². The van der Waals surface area contributed by atoms with Gasteiger partial charge in [0.25, 0.3) is 0 Å². The van der Waals surface area contributed by atoms with E-state index in [4.69, 9.17) is 5.11 Å². The van der Waals surface area contributed by atoms with Gasteiger partial charge in [-0.25, -0.2) is 4.79 Å². The number of nitrogens with zero attached hydrogens (tertiary/aromatic N) is 2. The summed E-state index contributed by atoms with van der Waals surface area (Å²) in [6, 6.07) is 5.82. The summed E-state index contributed by atoms with van der Waals surface area (Å²) in [7, 11) is 0. The minimum atomic E-state index is -0.849. The molecule has 1 aromatic carbocycles. The van der Waals surface area contributed by atoms with Gasteiger partial charge in [-0.1, -0.05) is 12.1 Å². The van der Waals surface area contributed by atoms with Gasteiger partial charge in [-0.05, 0) is 11.6 Å². The Labute approximate surface area is 92.5 Å². The molecule has 16 heavy (non-hydrogen) atoms. The van der Waals surface area contributed by atoms with E-state index in [1.807, 2.05) is 23.1 Å². The third-order valence-electron chi connectivity index (χ3n) is 2.86. The Bertz CT molecular complexity index is 532. The van der Waals surface area contributed by atoms with E-state index in [1.165, 1.54) is 0 Å². The molecule has 0 saturated carbocycles. The highest BCUT2D eigenvalue weighted by atomic mass is 16.4. The molecule has 4 nitrogen and oxygen atoms in total. The van der Waals surface area contributed by atoms with Crippen LogP contribution in [0.3, 0.4) is 0 Å². The number of carboxylic acid groups (broad SMARTS) is 1. The van der Waals surface area contributed by atoms with Crippen LogP contribution in [-0.2, 0) is 11.2 Å². The first kappa shape index (κ1) is 9.15. The first-order chi connectivity index (χ1) is 7.75. The summed E-state index contributed by atoms with van der Waals surface area (Å²) in [5, 5.41) is 9.04. The smallest absolute Gasteiger partial charge is 0.333 e. The molecule has 2 aliphatic heterocycles. The van der Waals surface area contributed by atoms with Crippen LogP contribution in [0.5, 0.6) is 0 Å². The average Bonchev–Trinajstić information content (AvgIpc) is 2.29. The van der Waals surface area contributed by atoms with Gasteiger partial charge in [0.15, 0.2) is 0 Å². The SMILES string of the molecule is O=C(O)C1=CN2CC=Nc3cccc(c32)C1. The molecule has 0 fully saturated rings. The van der Waals surface area contributed by atoms with Crippen molar-refractivity contribution in [3.8, 4) is 0 Å². The molecule has 0 aromatic heterocycles. The van der Waals surface area contributed by atoms with E-state index >= 15 is 0 Å². The van der Waals surface area contributed by atoms with E-state index in [0.29, 0.717) is 18.5 Å². The van der Waals surface area contributed by atoms with E-state index in [9.17, 15) is 4.79 Å². The number of benzene rings is 1. The van der Waals surface area contributed by atoms with E-state index in [-0.39, 0.29) is 0 Å². The van der Waals surface area contributed by atoms with Gasteiger partial charge in [-0.3, -0.25) is 4.99 Å². The number of aliphatic imine (C=N–C) groups is 1. The molecule has 0 atom stereocenters. The van der Waals surface area contributed by atoms with Crippen LogP contribution in [0.1, 0.15) is 5.56 Å². The van der Waals surface area contributed by atoms with Crippen molar-refractivity contribution < 1.29 is 9.90 Å². The zero-order chi connectivity index (χ0) is 11.1. The van der Waals surface area contributed by atoms with Crippen LogP contribution in [-0.4, -0.2) is 23.8 Å². The van der Waals surface area contributed by atoms with E-state index < -0.39 is 5.97 Å². The summed E-state index contributed by atoms with van der Waals surface area (Å²) in [6.07, 6.45) is 3.98. The Morgan fingerprint density at radius 1 is 1.44 bits per heavy atom. The molecule has 0 bridgehead atoms. The predicted molar refractivity (Wildman–Crippen MR) is 61.4 cm³/mol. The third-order valence-corrected chi connectivity index (χ3v) is 2.86. The second-order valence-electron chi connectivity index (χ2n) is 3.89. The molecule has 2 heterocycles. The van der Waals surface area contributed by atoms with Crippen molar-refractivity contribution >= 4 is 23.6 Å². The van der Waals surface area contributed by atoms with Crippen molar-refractivity contribution in [1.82, 2.24) is 0 Å². The number of carbonyl (C=O) groups is 1. The third kappa shape index (κ3) is 1.23. The van der Waals surface area contributed by atoms with Crippen LogP contribution in [0.15, 0.2) is 35.0 Å². The largest absolute Gasteiger partial charge is 0.478 e. The Hall–Kier alpha value is -2.10. The van der Waals surface area contributed by atoms with Gasteiger partial charge in [0.2, 0.25) is 0 Å². The van der Waals surface area contributed by atoms with Crippen molar-refractivity contribution in [2.75, 3.05) is 11.4 Å². The number of aliphatic carboxylic acids is 1. The summed E-state index contributed by atoms with van der Waals surface area (Å²) >= 11 is 0. The molecule has 4 heteroatoms. The Morgan fingerprint density at radius 3 is 3.12 bits per heavy atom. The van der Waals surface area contributed by atoms with Gasteiger partial charge in [0.1, 0.15) is 0 Å². The fourth-order valence-electron chi connectivity index (χ4n) is 2.16. The normalized spacial score (nSPS) is 16.8. The quantitative estimate of drug-likeness (QED) is 0.774. The minimum absolute atomic E-state index is 0.431. The molecule has 0 unspecified atom stereocenters. The summed E-state index contributed by atoms with van der Waals surface area (Å²) in [4.78, 5) is 17.3. The number of hydrogen-bond acceptors (Lipinski definition) is 3. The van der Waals surface area contributed by atoms with Gasteiger partial charge < -0.3 is 10.0 Å². The van der Waals surface area contributed by atoms with Crippen LogP contribution in [0, 0.1) is 0 Å². The molecule has 3 rings (SSSR count). The Balaban J connectivity index is 2.16. The number of rotatable bonds is 1. The zero-order valence-electron chi connectivity index (χ0n) is 8.55. The van der Waals surface area contributed by atoms with E-state index in [2.05, 4.69) is 4.99 Å². The maximum Gasteiger partial charge on any atom is 0.333 e. The summed E-state index contributed by atoms with van der Waals surface area (Å²) in [5.74, 6) is -0.849. The maximum atomic E-state index is 11.0. The van der Waals surface area contributed by atoms with Crippen molar-refractivity contribution in [3.63, 3.8) is 0 Å². The van der Waals surface area contributed by atoms with Gasteiger partial charge in [0, 0.05) is 18.8 Å². The molecule has 1 N–H and O–H groups in total. The predicted octanol–water partition coefficient (Wildman–Crippen LogP) is 1.73. The standard InChI is InChI=1S/C12H10N2O2/c15-12(16)9-6-8-2-1-3-10-11(8)14(7-9)5-4-13-10/h1-4,7H,5-6H2,(H,15,16). The fourth-order valence-corrected chi connectivity index (χ4v) is 2.16. The van der Waals surface area contributed by atoms with Crippen molar-refractivity contribution in [2.45, 2.75) is 6.42 Å². The first-order valence-corrected chi connectivity index (χ1v) is 5.11. The summed E-state index contributed by atoms with van der Waals surface area (Å²) in [5.41, 5.74) is 3.44. The number of anilines is 1. The molecule has 2 aliphatic rings. The molecule has 0 spiro atoms. The highest BCUT2D eigenvalue weighted by Gasteiger charge is 2.24. The second kappa shape index (κ2) is 3.20. The lowest BCUT2D eigenvalue weighted by Gasteiger charge is -2.30. The van der Waals surface area contributed by atoms with Crippen LogP contribution < -0.4 is 4.90 Å². The molecule has 0 amide bonds. The topological polar surface area (TPSA) is 52.9 Å². The lowest BCUT2D eigenvalue weighted by Crippen LogP contribution is -2.28. The number of hydrogen-bond donors (Lipinski definition) is 1. The zero-order valence-corrected chi connectivity index (χ0v) is 8.55. The minimum Gasteiger partial charge on any atom is -0.478 e. The Kier molecular flexibility index (Phi) is 1.83. The van der Waals surface area contributed by atoms with Crippen LogP contribution in [0.25, 0.3) is 0 Å². The average molecular weight is 214 g/mol. The maximum absolute atomic E-state index is 11.0. The Morgan fingerprint density at radius 2 is 2.31 bits per heavy atom.